The molecule has 1 aromatic heterocycles. The van der Waals surface area contributed by atoms with Crippen LogP contribution in [0.25, 0.3) is 0 Å². The van der Waals surface area contributed by atoms with E-state index >= 15 is 0 Å². The van der Waals surface area contributed by atoms with Crippen molar-refractivity contribution in [1.29, 1.82) is 0 Å². The summed E-state index contributed by atoms with van der Waals surface area (Å²) >= 11 is 1.78. The molecule has 0 aliphatic heterocycles. The number of aryl methyl sites for hydroxylation is 3. The molecule has 2 heteroatoms. The number of hydrogen-bond acceptors (Lipinski definition) is 2. The van der Waals surface area contributed by atoms with Crippen molar-refractivity contribution >= 4 is 11.3 Å². The third-order valence-electron chi connectivity index (χ3n) is 3.22. The van der Waals surface area contributed by atoms with Crippen molar-refractivity contribution in [2.45, 2.75) is 33.9 Å². The molecule has 1 N–H and O–H groups in total. The molecule has 0 radical (unpaired) electrons. The fourth-order valence-electron chi connectivity index (χ4n) is 2.02. The molecule has 1 aromatic carbocycles. The summed E-state index contributed by atoms with van der Waals surface area (Å²) in [5, 5.41) is 7.97. The summed E-state index contributed by atoms with van der Waals surface area (Å²) in [6.45, 7) is 8.45. The first-order chi connectivity index (χ1) is 8.18. The highest BCUT2D eigenvalue weighted by Crippen LogP contribution is 2.15. The van der Waals surface area contributed by atoms with Crippen LogP contribution < -0.4 is 5.32 Å². The van der Waals surface area contributed by atoms with Crippen molar-refractivity contribution in [1.82, 2.24) is 5.32 Å². The minimum atomic E-state index is 0.952. The lowest BCUT2D eigenvalue weighted by atomic mass is 10.0. The molecule has 1 nitrogen and oxygen atoms in total. The molecule has 1 heterocycles. The van der Waals surface area contributed by atoms with E-state index in [1.165, 1.54) is 27.8 Å². The second-order valence-electron chi connectivity index (χ2n) is 4.55. The second kappa shape index (κ2) is 5.48. The Morgan fingerprint density at radius 3 is 2.24 bits per heavy atom. The zero-order valence-corrected chi connectivity index (χ0v) is 11.5. The van der Waals surface area contributed by atoms with Crippen LogP contribution in [0.4, 0.5) is 0 Å². The molecular weight excluding hydrogens is 226 g/mol. The zero-order chi connectivity index (χ0) is 12.3. The summed E-state index contributed by atoms with van der Waals surface area (Å²) in [5.74, 6) is 0. The standard InChI is InChI=1S/C15H19NS/c1-11-5-4-6-12(2)15(11)8-16-7-14-10-17-9-13(14)3/h4-6,9-10,16H,7-8H2,1-3H3. The Balaban J connectivity index is 1.97. The van der Waals surface area contributed by atoms with Crippen LogP contribution in [0.3, 0.4) is 0 Å². The number of benzene rings is 1. The van der Waals surface area contributed by atoms with E-state index in [-0.39, 0.29) is 0 Å². The maximum absolute atomic E-state index is 3.53. The molecule has 2 aromatic rings. The SMILES string of the molecule is Cc1cscc1CNCc1c(C)cccc1C. The van der Waals surface area contributed by atoms with Gasteiger partial charge in [0.05, 0.1) is 0 Å². The summed E-state index contributed by atoms with van der Waals surface area (Å²) in [7, 11) is 0. The lowest BCUT2D eigenvalue weighted by Gasteiger charge is -2.10. The molecule has 0 fully saturated rings. The monoisotopic (exact) mass is 245 g/mol. The van der Waals surface area contributed by atoms with Crippen molar-refractivity contribution in [3.8, 4) is 0 Å². The Morgan fingerprint density at radius 2 is 1.65 bits per heavy atom. The first-order valence-corrected chi connectivity index (χ1v) is 6.90. The largest absolute Gasteiger partial charge is 0.309 e. The second-order valence-corrected chi connectivity index (χ2v) is 5.30. The third-order valence-corrected chi connectivity index (χ3v) is 4.13. The molecule has 0 atom stereocenters. The summed E-state index contributed by atoms with van der Waals surface area (Å²) < 4.78 is 0. The Hall–Kier alpha value is -1.12. The molecule has 0 unspecified atom stereocenters. The average Bonchev–Trinajstić information content (AvgIpc) is 2.69. The Bertz CT molecular complexity index is 479. The number of rotatable bonds is 4. The molecule has 0 aliphatic carbocycles. The van der Waals surface area contributed by atoms with Gasteiger partial charge in [-0.15, -0.1) is 0 Å². The normalized spacial score (nSPS) is 10.8. The van der Waals surface area contributed by atoms with Crippen molar-refractivity contribution in [3.05, 3.63) is 56.8 Å². The molecule has 2 rings (SSSR count). The zero-order valence-electron chi connectivity index (χ0n) is 10.7. The molecule has 0 saturated heterocycles. The third kappa shape index (κ3) is 2.96. The first-order valence-electron chi connectivity index (χ1n) is 5.96. The van der Waals surface area contributed by atoms with E-state index in [1.54, 1.807) is 11.3 Å². The molecule has 90 valence electrons. The fraction of sp³-hybridized carbons (Fsp3) is 0.333. The highest BCUT2D eigenvalue weighted by atomic mass is 32.1. The highest BCUT2D eigenvalue weighted by molar-refractivity contribution is 7.08. The first kappa shape index (κ1) is 12.3. The quantitative estimate of drug-likeness (QED) is 0.859. The molecule has 0 bridgehead atoms. The average molecular weight is 245 g/mol. The van der Waals surface area contributed by atoms with Gasteiger partial charge in [-0.05, 0) is 59.3 Å². The van der Waals surface area contributed by atoms with Gasteiger partial charge in [-0.2, -0.15) is 11.3 Å². The molecular formula is C15H19NS. The van der Waals surface area contributed by atoms with Crippen LogP contribution in [0.1, 0.15) is 27.8 Å². The molecule has 0 saturated carbocycles. The number of nitrogens with one attached hydrogen (secondary N) is 1. The maximum atomic E-state index is 3.53. The van der Waals surface area contributed by atoms with Gasteiger partial charge in [0.15, 0.2) is 0 Å². The van der Waals surface area contributed by atoms with E-state index in [2.05, 4.69) is 55.0 Å². The van der Waals surface area contributed by atoms with Crippen molar-refractivity contribution in [2.75, 3.05) is 0 Å². The van der Waals surface area contributed by atoms with Crippen molar-refractivity contribution in [3.63, 3.8) is 0 Å². The van der Waals surface area contributed by atoms with Gasteiger partial charge in [-0.25, -0.2) is 0 Å². The minimum absolute atomic E-state index is 0.952. The molecule has 0 aliphatic rings. The molecule has 0 amide bonds. The summed E-state index contributed by atoms with van der Waals surface area (Å²) in [5.41, 5.74) is 6.99. The van der Waals surface area contributed by atoms with E-state index in [0.29, 0.717) is 0 Å². The summed E-state index contributed by atoms with van der Waals surface area (Å²) in [6, 6.07) is 6.48. The highest BCUT2D eigenvalue weighted by Gasteiger charge is 2.02. The van der Waals surface area contributed by atoms with E-state index in [0.717, 1.165) is 13.1 Å². The van der Waals surface area contributed by atoms with Gasteiger partial charge in [0.1, 0.15) is 0 Å². The van der Waals surface area contributed by atoms with Crippen LogP contribution in [0.15, 0.2) is 29.0 Å². The van der Waals surface area contributed by atoms with Gasteiger partial charge in [-0.1, -0.05) is 18.2 Å². The van der Waals surface area contributed by atoms with Gasteiger partial charge in [0, 0.05) is 13.1 Å². The lowest BCUT2D eigenvalue weighted by molar-refractivity contribution is 0.687. The predicted molar refractivity (Wildman–Crippen MR) is 75.5 cm³/mol. The fourth-order valence-corrected chi connectivity index (χ4v) is 2.87. The maximum Gasteiger partial charge on any atom is 0.0219 e. The summed E-state index contributed by atoms with van der Waals surface area (Å²) in [4.78, 5) is 0. The van der Waals surface area contributed by atoms with Crippen LogP contribution in [-0.2, 0) is 13.1 Å². The van der Waals surface area contributed by atoms with Crippen molar-refractivity contribution in [2.24, 2.45) is 0 Å². The van der Waals surface area contributed by atoms with Gasteiger partial charge >= 0.3 is 0 Å². The lowest BCUT2D eigenvalue weighted by Crippen LogP contribution is -2.14. The van der Waals surface area contributed by atoms with E-state index in [9.17, 15) is 0 Å². The molecule has 0 spiro atoms. The topological polar surface area (TPSA) is 12.0 Å². The van der Waals surface area contributed by atoms with Gasteiger partial charge in [0.2, 0.25) is 0 Å². The van der Waals surface area contributed by atoms with Gasteiger partial charge in [-0.3, -0.25) is 0 Å². The van der Waals surface area contributed by atoms with Crippen LogP contribution in [0.2, 0.25) is 0 Å². The van der Waals surface area contributed by atoms with Crippen LogP contribution in [-0.4, -0.2) is 0 Å². The van der Waals surface area contributed by atoms with E-state index in [4.69, 9.17) is 0 Å². The Kier molecular flexibility index (Phi) is 3.97. The predicted octanol–water partition coefficient (Wildman–Crippen LogP) is 3.96. The Labute approximate surface area is 108 Å². The van der Waals surface area contributed by atoms with E-state index in [1.807, 2.05) is 0 Å². The minimum Gasteiger partial charge on any atom is -0.309 e. The van der Waals surface area contributed by atoms with E-state index < -0.39 is 0 Å². The van der Waals surface area contributed by atoms with Crippen LogP contribution >= 0.6 is 11.3 Å². The van der Waals surface area contributed by atoms with Crippen LogP contribution in [0.5, 0.6) is 0 Å². The van der Waals surface area contributed by atoms with Gasteiger partial charge in [0.25, 0.3) is 0 Å². The summed E-state index contributed by atoms with van der Waals surface area (Å²) in [6.07, 6.45) is 0. The van der Waals surface area contributed by atoms with Crippen molar-refractivity contribution < 1.29 is 0 Å². The number of thiophene rings is 1. The van der Waals surface area contributed by atoms with Gasteiger partial charge < -0.3 is 5.32 Å². The smallest absolute Gasteiger partial charge is 0.0219 e. The van der Waals surface area contributed by atoms with Crippen LogP contribution in [0, 0.1) is 20.8 Å². The Morgan fingerprint density at radius 1 is 0.941 bits per heavy atom. The molecule has 17 heavy (non-hydrogen) atoms. The number of hydrogen-bond donors (Lipinski definition) is 1.